The molecule has 0 aromatic heterocycles. The standard InChI is InChI=1S/C25H26N2O4S/c1-18-14-21-6-3-4-9-24(21)27(18)32(29,30)23-8-5-7-22(15-23)25(28)26-16-19-10-12-20(13-11-19)17-31-2/h3-13,15,18H,14,16-17H2,1-2H3,(H,26,28). The number of sulfonamides is 1. The van der Waals surface area contributed by atoms with E-state index in [4.69, 9.17) is 4.74 Å². The third kappa shape index (κ3) is 4.40. The molecule has 1 N–H and O–H groups in total. The zero-order valence-corrected chi connectivity index (χ0v) is 18.9. The molecule has 0 aliphatic carbocycles. The normalized spacial score (nSPS) is 15.4. The van der Waals surface area contributed by atoms with Crippen molar-refractivity contribution in [1.82, 2.24) is 5.32 Å². The van der Waals surface area contributed by atoms with E-state index in [2.05, 4.69) is 5.32 Å². The lowest BCUT2D eigenvalue weighted by Gasteiger charge is -2.24. The number of anilines is 1. The van der Waals surface area contributed by atoms with Gasteiger partial charge in [-0.3, -0.25) is 9.10 Å². The van der Waals surface area contributed by atoms with E-state index in [1.807, 2.05) is 55.5 Å². The second-order valence-electron chi connectivity index (χ2n) is 7.94. The number of hydrogen-bond acceptors (Lipinski definition) is 4. The van der Waals surface area contributed by atoms with Gasteiger partial charge in [-0.05, 0) is 54.3 Å². The van der Waals surface area contributed by atoms with Crippen LogP contribution in [0.5, 0.6) is 0 Å². The monoisotopic (exact) mass is 450 g/mol. The van der Waals surface area contributed by atoms with Crippen molar-refractivity contribution in [3.8, 4) is 0 Å². The van der Waals surface area contributed by atoms with Gasteiger partial charge < -0.3 is 10.1 Å². The molecule has 1 atom stereocenters. The summed E-state index contributed by atoms with van der Waals surface area (Å²) in [4.78, 5) is 12.8. The van der Waals surface area contributed by atoms with Crippen molar-refractivity contribution in [1.29, 1.82) is 0 Å². The Bertz CT molecular complexity index is 1220. The van der Waals surface area contributed by atoms with Crippen LogP contribution < -0.4 is 9.62 Å². The number of benzene rings is 3. The SMILES string of the molecule is COCc1ccc(CNC(=O)c2cccc(S(=O)(=O)N3c4ccccc4CC3C)c2)cc1. The van der Waals surface area contributed by atoms with Gasteiger partial charge in [-0.2, -0.15) is 0 Å². The second kappa shape index (κ2) is 9.14. The zero-order valence-electron chi connectivity index (χ0n) is 18.1. The number of carbonyl (C=O) groups excluding carboxylic acids is 1. The van der Waals surface area contributed by atoms with Crippen molar-refractivity contribution < 1.29 is 17.9 Å². The quantitative estimate of drug-likeness (QED) is 0.592. The first-order valence-electron chi connectivity index (χ1n) is 10.5. The Kier molecular flexibility index (Phi) is 6.30. The van der Waals surface area contributed by atoms with Crippen LogP contribution >= 0.6 is 0 Å². The first-order chi connectivity index (χ1) is 15.4. The number of amides is 1. The molecular weight excluding hydrogens is 424 g/mol. The predicted molar refractivity (Wildman–Crippen MR) is 124 cm³/mol. The summed E-state index contributed by atoms with van der Waals surface area (Å²) in [5.74, 6) is -0.321. The lowest BCUT2D eigenvalue weighted by Crippen LogP contribution is -2.35. The minimum Gasteiger partial charge on any atom is -0.380 e. The molecule has 3 aromatic rings. The summed E-state index contributed by atoms with van der Waals surface area (Å²) in [7, 11) is -2.15. The molecule has 1 aliphatic heterocycles. The maximum Gasteiger partial charge on any atom is 0.264 e. The Labute approximate surface area is 188 Å². The fourth-order valence-corrected chi connectivity index (χ4v) is 5.76. The molecule has 7 heteroatoms. The van der Waals surface area contributed by atoms with E-state index >= 15 is 0 Å². The van der Waals surface area contributed by atoms with E-state index in [0.717, 1.165) is 16.7 Å². The van der Waals surface area contributed by atoms with Crippen molar-refractivity contribution in [2.75, 3.05) is 11.4 Å². The highest BCUT2D eigenvalue weighted by atomic mass is 32.2. The summed E-state index contributed by atoms with van der Waals surface area (Å²) >= 11 is 0. The zero-order chi connectivity index (χ0) is 22.7. The Morgan fingerprint density at radius 1 is 1.03 bits per heavy atom. The summed E-state index contributed by atoms with van der Waals surface area (Å²) < 4.78 is 33.4. The van der Waals surface area contributed by atoms with Crippen LogP contribution in [0.25, 0.3) is 0 Å². The van der Waals surface area contributed by atoms with E-state index in [1.54, 1.807) is 19.2 Å². The number of nitrogens with zero attached hydrogens (tertiary/aromatic N) is 1. The number of carbonyl (C=O) groups is 1. The van der Waals surface area contributed by atoms with Crippen molar-refractivity contribution in [3.63, 3.8) is 0 Å². The van der Waals surface area contributed by atoms with E-state index < -0.39 is 10.0 Å². The molecule has 0 bridgehead atoms. The van der Waals surface area contributed by atoms with Crippen LogP contribution in [0.1, 0.15) is 34.0 Å². The van der Waals surface area contributed by atoms with Crippen LogP contribution in [0.2, 0.25) is 0 Å². The maximum atomic E-state index is 13.4. The number of nitrogens with one attached hydrogen (secondary N) is 1. The van der Waals surface area contributed by atoms with Gasteiger partial charge in [-0.25, -0.2) is 8.42 Å². The van der Waals surface area contributed by atoms with Crippen LogP contribution in [0, 0.1) is 0 Å². The van der Waals surface area contributed by atoms with Crippen molar-refractivity contribution in [2.45, 2.75) is 37.4 Å². The van der Waals surface area contributed by atoms with Crippen LogP contribution in [-0.2, 0) is 34.3 Å². The lowest BCUT2D eigenvalue weighted by atomic mass is 10.1. The van der Waals surface area contributed by atoms with Gasteiger partial charge in [0, 0.05) is 25.3 Å². The average molecular weight is 451 g/mol. The van der Waals surface area contributed by atoms with Gasteiger partial charge in [0.25, 0.3) is 15.9 Å². The Hall–Kier alpha value is -3.16. The number of hydrogen-bond donors (Lipinski definition) is 1. The first-order valence-corrected chi connectivity index (χ1v) is 11.9. The topological polar surface area (TPSA) is 75.7 Å². The first kappa shape index (κ1) is 22.0. The molecule has 3 aromatic carbocycles. The van der Waals surface area contributed by atoms with Gasteiger partial charge in [-0.15, -0.1) is 0 Å². The highest BCUT2D eigenvalue weighted by molar-refractivity contribution is 7.92. The van der Waals surface area contributed by atoms with Crippen LogP contribution in [0.15, 0.2) is 77.7 Å². The highest BCUT2D eigenvalue weighted by Gasteiger charge is 2.36. The molecule has 32 heavy (non-hydrogen) atoms. The molecule has 0 saturated carbocycles. The molecule has 0 fully saturated rings. The van der Waals surface area contributed by atoms with Crippen LogP contribution in [0.4, 0.5) is 5.69 Å². The van der Waals surface area contributed by atoms with Gasteiger partial charge in [-0.1, -0.05) is 48.5 Å². The predicted octanol–water partition coefficient (Wildman–Crippen LogP) is 3.90. The fourth-order valence-electron chi connectivity index (χ4n) is 4.02. The van der Waals surface area contributed by atoms with Gasteiger partial charge in [0.1, 0.15) is 0 Å². The third-order valence-electron chi connectivity index (χ3n) is 5.58. The summed E-state index contributed by atoms with van der Waals surface area (Å²) in [5.41, 5.74) is 4.02. The minimum atomic E-state index is -3.79. The molecule has 6 nitrogen and oxygen atoms in total. The van der Waals surface area contributed by atoms with E-state index in [1.165, 1.54) is 16.4 Å². The average Bonchev–Trinajstić information content (AvgIpc) is 3.15. The van der Waals surface area contributed by atoms with Crippen molar-refractivity contribution in [3.05, 3.63) is 95.1 Å². The van der Waals surface area contributed by atoms with Gasteiger partial charge in [0.15, 0.2) is 0 Å². The number of methoxy groups -OCH3 is 1. The van der Waals surface area contributed by atoms with E-state index in [-0.39, 0.29) is 16.8 Å². The number of rotatable bonds is 7. The van der Waals surface area contributed by atoms with Crippen LogP contribution in [0.3, 0.4) is 0 Å². The van der Waals surface area contributed by atoms with E-state index in [0.29, 0.717) is 30.8 Å². The van der Waals surface area contributed by atoms with Gasteiger partial charge in [0.05, 0.1) is 17.2 Å². The molecule has 166 valence electrons. The second-order valence-corrected chi connectivity index (χ2v) is 9.76. The molecule has 1 amide bonds. The minimum absolute atomic E-state index is 0.109. The number of para-hydroxylation sites is 1. The molecule has 1 unspecified atom stereocenters. The van der Waals surface area contributed by atoms with Crippen molar-refractivity contribution in [2.24, 2.45) is 0 Å². The fraction of sp³-hybridized carbons (Fsp3) is 0.240. The Morgan fingerprint density at radius 2 is 1.75 bits per heavy atom. The van der Waals surface area contributed by atoms with Gasteiger partial charge >= 0.3 is 0 Å². The summed E-state index contributed by atoms with van der Waals surface area (Å²) in [6.45, 7) is 2.78. The molecule has 0 radical (unpaired) electrons. The Morgan fingerprint density at radius 3 is 2.50 bits per heavy atom. The third-order valence-corrected chi connectivity index (χ3v) is 7.51. The maximum absolute atomic E-state index is 13.4. The number of fused-ring (bicyclic) bond motifs is 1. The molecule has 1 heterocycles. The summed E-state index contributed by atoms with van der Waals surface area (Å²) in [6.07, 6.45) is 0.665. The highest BCUT2D eigenvalue weighted by Crippen LogP contribution is 2.36. The summed E-state index contributed by atoms with van der Waals surface area (Å²) in [5, 5.41) is 2.86. The summed E-state index contributed by atoms with van der Waals surface area (Å²) in [6, 6.07) is 21.3. The smallest absolute Gasteiger partial charge is 0.264 e. The van der Waals surface area contributed by atoms with Crippen molar-refractivity contribution >= 4 is 21.6 Å². The molecule has 4 rings (SSSR count). The number of ether oxygens (including phenoxy) is 1. The lowest BCUT2D eigenvalue weighted by molar-refractivity contribution is 0.0950. The Balaban J connectivity index is 1.51. The largest absolute Gasteiger partial charge is 0.380 e. The van der Waals surface area contributed by atoms with Gasteiger partial charge in [0.2, 0.25) is 0 Å². The molecule has 1 aliphatic rings. The molecular formula is C25H26N2O4S. The molecule has 0 saturated heterocycles. The molecule has 0 spiro atoms. The van der Waals surface area contributed by atoms with Crippen LogP contribution in [-0.4, -0.2) is 27.5 Å². The van der Waals surface area contributed by atoms with E-state index in [9.17, 15) is 13.2 Å².